The Morgan fingerprint density at radius 2 is 2.06 bits per heavy atom. The highest BCUT2D eigenvalue weighted by molar-refractivity contribution is 6.10. The first kappa shape index (κ1) is 12.2. The Hall–Kier alpha value is -2.23. The first-order valence-corrected chi connectivity index (χ1v) is 5.58. The van der Waals surface area contributed by atoms with Crippen LogP contribution in [0.2, 0.25) is 0 Å². The van der Waals surface area contributed by atoms with Gasteiger partial charge in [-0.2, -0.15) is 0 Å². The largest absolute Gasteiger partial charge is 0.494 e. The van der Waals surface area contributed by atoms with Gasteiger partial charge in [0, 0.05) is 0 Å². The number of carbonyl (C=O) groups excluding carboxylic acids is 1. The standard InChI is InChI=1S/C14H15NO3/c1-8-7-12(18-9(8)2)13(16)10-5-4-6-11(15)14(10)17-3/h4-7H,15H2,1-3H3. The molecule has 0 atom stereocenters. The monoisotopic (exact) mass is 245 g/mol. The van der Waals surface area contributed by atoms with E-state index in [-0.39, 0.29) is 5.78 Å². The fourth-order valence-electron chi connectivity index (χ4n) is 1.78. The van der Waals surface area contributed by atoms with Gasteiger partial charge in [-0.15, -0.1) is 0 Å². The van der Waals surface area contributed by atoms with Crippen molar-refractivity contribution < 1.29 is 13.9 Å². The number of para-hydroxylation sites is 1. The number of ether oxygens (including phenoxy) is 1. The number of carbonyl (C=O) groups is 1. The smallest absolute Gasteiger partial charge is 0.231 e. The predicted octanol–water partition coefficient (Wildman–Crippen LogP) is 2.72. The van der Waals surface area contributed by atoms with Crippen molar-refractivity contribution >= 4 is 11.5 Å². The molecule has 2 rings (SSSR count). The van der Waals surface area contributed by atoms with Crippen molar-refractivity contribution in [2.24, 2.45) is 0 Å². The summed E-state index contributed by atoms with van der Waals surface area (Å²) in [5.41, 5.74) is 7.56. The van der Waals surface area contributed by atoms with Crippen LogP contribution in [0.25, 0.3) is 0 Å². The Labute approximate surface area is 105 Å². The van der Waals surface area contributed by atoms with Gasteiger partial charge in [0.15, 0.2) is 11.5 Å². The van der Waals surface area contributed by atoms with E-state index < -0.39 is 0 Å². The summed E-state index contributed by atoms with van der Waals surface area (Å²) in [4.78, 5) is 12.3. The molecule has 4 heteroatoms. The van der Waals surface area contributed by atoms with Gasteiger partial charge in [0.1, 0.15) is 5.76 Å². The van der Waals surface area contributed by atoms with Gasteiger partial charge in [0.2, 0.25) is 5.78 Å². The number of nitrogens with two attached hydrogens (primary N) is 1. The lowest BCUT2D eigenvalue weighted by atomic mass is 10.1. The minimum atomic E-state index is -0.227. The van der Waals surface area contributed by atoms with Crippen molar-refractivity contribution in [2.75, 3.05) is 12.8 Å². The van der Waals surface area contributed by atoms with Crippen LogP contribution in [0.5, 0.6) is 5.75 Å². The molecular formula is C14H15NO3. The zero-order valence-electron chi connectivity index (χ0n) is 10.6. The molecule has 0 fully saturated rings. The number of rotatable bonds is 3. The molecule has 2 aromatic rings. The normalized spacial score (nSPS) is 10.4. The Balaban J connectivity index is 2.49. The summed E-state index contributed by atoms with van der Waals surface area (Å²) >= 11 is 0. The first-order chi connectivity index (χ1) is 8.54. The molecule has 0 unspecified atom stereocenters. The van der Waals surface area contributed by atoms with Gasteiger partial charge < -0.3 is 14.9 Å². The van der Waals surface area contributed by atoms with Gasteiger partial charge in [0.25, 0.3) is 0 Å². The first-order valence-electron chi connectivity index (χ1n) is 5.58. The van der Waals surface area contributed by atoms with E-state index in [0.717, 1.165) is 11.3 Å². The maximum absolute atomic E-state index is 12.3. The van der Waals surface area contributed by atoms with Crippen LogP contribution in [0.15, 0.2) is 28.7 Å². The summed E-state index contributed by atoms with van der Waals surface area (Å²) in [7, 11) is 1.49. The average Bonchev–Trinajstić information content (AvgIpc) is 2.68. The number of ketones is 1. The van der Waals surface area contributed by atoms with Crippen LogP contribution >= 0.6 is 0 Å². The van der Waals surface area contributed by atoms with Crippen LogP contribution in [-0.2, 0) is 0 Å². The fourth-order valence-corrected chi connectivity index (χ4v) is 1.78. The van der Waals surface area contributed by atoms with Crippen LogP contribution in [0.4, 0.5) is 5.69 Å². The zero-order valence-corrected chi connectivity index (χ0v) is 10.6. The molecule has 0 aliphatic carbocycles. The SMILES string of the molecule is COc1c(N)cccc1C(=O)c1cc(C)c(C)o1. The molecule has 4 nitrogen and oxygen atoms in total. The van der Waals surface area contributed by atoms with Crippen molar-refractivity contribution in [3.8, 4) is 5.75 Å². The molecular weight excluding hydrogens is 230 g/mol. The van der Waals surface area contributed by atoms with E-state index in [2.05, 4.69) is 0 Å². The van der Waals surface area contributed by atoms with E-state index >= 15 is 0 Å². The van der Waals surface area contributed by atoms with Gasteiger partial charge in [-0.05, 0) is 37.6 Å². The summed E-state index contributed by atoms with van der Waals surface area (Å²) in [6, 6.07) is 6.80. The molecule has 0 aliphatic rings. The van der Waals surface area contributed by atoms with E-state index in [9.17, 15) is 4.79 Å². The lowest BCUT2D eigenvalue weighted by Gasteiger charge is -2.08. The number of aryl methyl sites for hydroxylation is 2. The minimum absolute atomic E-state index is 0.227. The molecule has 0 bridgehead atoms. The third kappa shape index (κ3) is 1.97. The molecule has 0 aliphatic heterocycles. The van der Waals surface area contributed by atoms with Crippen molar-refractivity contribution in [2.45, 2.75) is 13.8 Å². The Morgan fingerprint density at radius 3 is 2.61 bits per heavy atom. The van der Waals surface area contributed by atoms with Crippen molar-refractivity contribution in [1.82, 2.24) is 0 Å². The van der Waals surface area contributed by atoms with E-state index in [4.69, 9.17) is 14.9 Å². The highest BCUT2D eigenvalue weighted by Crippen LogP contribution is 2.28. The summed E-state index contributed by atoms with van der Waals surface area (Å²) in [6.45, 7) is 3.72. The van der Waals surface area contributed by atoms with E-state index in [0.29, 0.717) is 22.8 Å². The van der Waals surface area contributed by atoms with Crippen molar-refractivity contribution in [3.05, 3.63) is 46.9 Å². The number of nitrogen functional groups attached to an aromatic ring is 1. The Bertz CT molecular complexity index is 580. The van der Waals surface area contributed by atoms with Crippen LogP contribution in [0.3, 0.4) is 0 Å². The van der Waals surface area contributed by atoms with E-state index in [1.165, 1.54) is 7.11 Å². The summed E-state index contributed by atoms with van der Waals surface area (Å²) in [5.74, 6) is 1.19. The third-order valence-electron chi connectivity index (χ3n) is 2.88. The molecule has 1 aromatic heterocycles. The van der Waals surface area contributed by atoms with Crippen LogP contribution in [-0.4, -0.2) is 12.9 Å². The number of methoxy groups -OCH3 is 1. The molecule has 0 radical (unpaired) electrons. The van der Waals surface area contributed by atoms with Crippen molar-refractivity contribution in [1.29, 1.82) is 0 Å². The number of hydrogen-bond acceptors (Lipinski definition) is 4. The molecule has 2 N–H and O–H groups in total. The molecule has 0 saturated heterocycles. The number of benzene rings is 1. The van der Waals surface area contributed by atoms with Crippen LogP contribution in [0.1, 0.15) is 27.4 Å². The average molecular weight is 245 g/mol. The molecule has 0 saturated carbocycles. The number of furan rings is 1. The van der Waals surface area contributed by atoms with Gasteiger partial charge in [-0.1, -0.05) is 6.07 Å². The summed E-state index contributed by atoms with van der Waals surface area (Å²) in [6.07, 6.45) is 0. The lowest BCUT2D eigenvalue weighted by molar-refractivity contribution is 0.100. The van der Waals surface area contributed by atoms with Crippen LogP contribution < -0.4 is 10.5 Å². The third-order valence-corrected chi connectivity index (χ3v) is 2.88. The summed E-state index contributed by atoms with van der Waals surface area (Å²) < 4.78 is 10.6. The Morgan fingerprint density at radius 1 is 1.33 bits per heavy atom. The molecule has 0 amide bonds. The highest BCUT2D eigenvalue weighted by Gasteiger charge is 2.19. The Kier molecular flexibility index (Phi) is 3.10. The molecule has 18 heavy (non-hydrogen) atoms. The van der Waals surface area contributed by atoms with Gasteiger partial charge >= 0.3 is 0 Å². The van der Waals surface area contributed by atoms with Gasteiger partial charge in [-0.3, -0.25) is 4.79 Å². The minimum Gasteiger partial charge on any atom is -0.494 e. The molecule has 1 aromatic carbocycles. The lowest BCUT2D eigenvalue weighted by Crippen LogP contribution is -2.05. The number of anilines is 1. The predicted molar refractivity (Wildman–Crippen MR) is 69.0 cm³/mol. The van der Waals surface area contributed by atoms with E-state index in [1.807, 2.05) is 13.8 Å². The second-order valence-electron chi connectivity index (χ2n) is 4.11. The second kappa shape index (κ2) is 4.56. The fraction of sp³-hybridized carbons (Fsp3) is 0.214. The van der Waals surface area contributed by atoms with Crippen LogP contribution in [0, 0.1) is 13.8 Å². The maximum atomic E-state index is 12.3. The zero-order chi connectivity index (χ0) is 13.3. The topological polar surface area (TPSA) is 65.5 Å². The number of hydrogen-bond donors (Lipinski definition) is 1. The molecule has 1 heterocycles. The highest BCUT2D eigenvalue weighted by atomic mass is 16.5. The molecule has 94 valence electrons. The quantitative estimate of drug-likeness (QED) is 0.667. The van der Waals surface area contributed by atoms with Crippen molar-refractivity contribution in [3.63, 3.8) is 0 Å². The summed E-state index contributed by atoms with van der Waals surface area (Å²) in [5, 5.41) is 0. The van der Waals surface area contributed by atoms with Gasteiger partial charge in [-0.25, -0.2) is 0 Å². The maximum Gasteiger partial charge on any atom is 0.231 e. The van der Waals surface area contributed by atoms with E-state index in [1.54, 1.807) is 24.3 Å². The second-order valence-corrected chi connectivity index (χ2v) is 4.11. The molecule has 0 spiro atoms. The van der Waals surface area contributed by atoms with Gasteiger partial charge in [0.05, 0.1) is 18.4 Å².